The first-order chi connectivity index (χ1) is 6.72. The van der Waals surface area contributed by atoms with Crippen molar-refractivity contribution in [3.05, 3.63) is 46.0 Å². The monoisotopic (exact) mass is 253 g/mol. The Kier molecular flexibility index (Phi) is 4.91. The summed E-state index contributed by atoms with van der Waals surface area (Å²) in [7, 11) is 0. The molecule has 0 aliphatic heterocycles. The molecule has 0 bridgehead atoms. The lowest BCUT2D eigenvalue weighted by molar-refractivity contribution is 0.981. The zero-order valence-electron chi connectivity index (χ0n) is 8.46. The van der Waals surface area contributed by atoms with Gasteiger partial charge in [-0.1, -0.05) is 39.7 Å². The third-order valence-corrected chi connectivity index (χ3v) is 2.52. The first kappa shape index (κ1) is 11.5. The summed E-state index contributed by atoms with van der Waals surface area (Å²) in [6, 6.07) is 8.41. The predicted octanol–water partition coefficient (Wildman–Crippen LogP) is 3.29. The molecule has 2 heteroatoms. The minimum atomic E-state index is 0.732. The van der Waals surface area contributed by atoms with Crippen LogP contribution in [0.3, 0.4) is 0 Å². The Hall–Kier alpha value is -0.600. The van der Waals surface area contributed by atoms with Crippen LogP contribution in [-0.2, 0) is 6.42 Å². The lowest BCUT2D eigenvalue weighted by Crippen LogP contribution is -1.96. The highest BCUT2D eigenvalue weighted by Crippen LogP contribution is 2.14. The standard InChI is InChI=1S/C12H16BrN/c1-10(4-3-7-14)8-11-5-2-6-12(13)9-11/h2,4-6,9H,3,7-8,14H2,1H3. The number of halogens is 1. The first-order valence-electron chi connectivity index (χ1n) is 4.82. The fourth-order valence-corrected chi connectivity index (χ4v) is 1.82. The van der Waals surface area contributed by atoms with E-state index < -0.39 is 0 Å². The highest BCUT2D eigenvalue weighted by molar-refractivity contribution is 9.10. The highest BCUT2D eigenvalue weighted by atomic mass is 79.9. The quantitative estimate of drug-likeness (QED) is 0.820. The molecule has 14 heavy (non-hydrogen) atoms. The van der Waals surface area contributed by atoms with Crippen LogP contribution < -0.4 is 5.73 Å². The molecule has 0 radical (unpaired) electrons. The molecule has 0 saturated carbocycles. The summed E-state index contributed by atoms with van der Waals surface area (Å²) >= 11 is 3.47. The molecule has 1 rings (SSSR count). The number of rotatable bonds is 4. The van der Waals surface area contributed by atoms with E-state index in [1.54, 1.807) is 0 Å². The molecule has 0 aliphatic rings. The van der Waals surface area contributed by atoms with E-state index in [-0.39, 0.29) is 0 Å². The van der Waals surface area contributed by atoms with Gasteiger partial charge in [-0.25, -0.2) is 0 Å². The van der Waals surface area contributed by atoms with Crippen LogP contribution in [0, 0.1) is 0 Å². The van der Waals surface area contributed by atoms with Crippen LogP contribution >= 0.6 is 15.9 Å². The number of benzene rings is 1. The van der Waals surface area contributed by atoms with Crippen molar-refractivity contribution in [3.8, 4) is 0 Å². The van der Waals surface area contributed by atoms with Crippen molar-refractivity contribution in [1.82, 2.24) is 0 Å². The Morgan fingerprint density at radius 3 is 2.93 bits per heavy atom. The summed E-state index contributed by atoms with van der Waals surface area (Å²) in [4.78, 5) is 0. The van der Waals surface area contributed by atoms with E-state index in [2.05, 4.69) is 47.1 Å². The van der Waals surface area contributed by atoms with Crippen LogP contribution in [0.4, 0.5) is 0 Å². The van der Waals surface area contributed by atoms with E-state index in [1.165, 1.54) is 11.1 Å². The molecule has 0 heterocycles. The van der Waals surface area contributed by atoms with Gasteiger partial charge in [0.15, 0.2) is 0 Å². The second-order valence-corrected chi connectivity index (χ2v) is 4.35. The second kappa shape index (κ2) is 5.99. The van der Waals surface area contributed by atoms with Crippen LogP contribution in [0.1, 0.15) is 18.9 Å². The Morgan fingerprint density at radius 1 is 1.50 bits per heavy atom. The van der Waals surface area contributed by atoms with E-state index in [9.17, 15) is 0 Å². The maximum atomic E-state index is 5.44. The van der Waals surface area contributed by atoms with Gasteiger partial charge >= 0.3 is 0 Å². The van der Waals surface area contributed by atoms with Crippen molar-refractivity contribution in [2.45, 2.75) is 19.8 Å². The van der Waals surface area contributed by atoms with Crippen molar-refractivity contribution in [1.29, 1.82) is 0 Å². The summed E-state index contributed by atoms with van der Waals surface area (Å²) < 4.78 is 1.14. The molecule has 1 nitrogen and oxygen atoms in total. The predicted molar refractivity (Wildman–Crippen MR) is 65.3 cm³/mol. The van der Waals surface area contributed by atoms with Gasteiger partial charge in [0.05, 0.1) is 0 Å². The molecule has 0 amide bonds. The molecule has 76 valence electrons. The topological polar surface area (TPSA) is 26.0 Å². The minimum absolute atomic E-state index is 0.732. The van der Waals surface area contributed by atoms with Gasteiger partial charge in [0.1, 0.15) is 0 Å². The summed E-state index contributed by atoms with van der Waals surface area (Å²) in [6.07, 6.45) is 4.19. The fraction of sp³-hybridized carbons (Fsp3) is 0.333. The molecule has 1 aromatic carbocycles. The molecular weight excluding hydrogens is 238 g/mol. The van der Waals surface area contributed by atoms with Gasteiger partial charge in [0.2, 0.25) is 0 Å². The van der Waals surface area contributed by atoms with E-state index in [4.69, 9.17) is 5.73 Å². The van der Waals surface area contributed by atoms with Gasteiger partial charge in [0, 0.05) is 4.47 Å². The van der Waals surface area contributed by atoms with Gasteiger partial charge in [-0.15, -0.1) is 0 Å². The van der Waals surface area contributed by atoms with E-state index >= 15 is 0 Å². The van der Waals surface area contributed by atoms with Gasteiger partial charge in [-0.2, -0.15) is 0 Å². The molecular formula is C12H16BrN. The minimum Gasteiger partial charge on any atom is -0.330 e. The van der Waals surface area contributed by atoms with Gasteiger partial charge in [-0.05, 0) is 44.0 Å². The number of nitrogens with two attached hydrogens (primary N) is 1. The van der Waals surface area contributed by atoms with Crippen molar-refractivity contribution in [3.63, 3.8) is 0 Å². The summed E-state index contributed by atoms with van der Waals surface area (Å²) in [5, 5.41) is 0. The Morgan fingerprint density at radius 2 is 2.29 bits per heavy atom. The summed E-state index contributed by atoms with van der Waals surface area (Å²) in [6.45, 7) is 2.88. The number of hydrogen-bond acceptors (Lipinski definition) is 1. The van der Waals surface area contributed by atoms with Crippen molar-refractivity contribution in [2.24, 2.45) is 5.73 Å². The lowest BCUT2D eigenvalue weighted by Gasteiger charge is -2.02. The molecule has 1 aromatic rings. The molecule has 0 aromatic heterocycles. The Balaban J connectivity index is 2.60. The third kappa shape index (κ3) is 4.07. The molecule has 0 fully saturated rings. The molecule has 0 atom stereocenters. The normalized spacial score (nSPS) is 11.8. The van der Waals surface area contributed by atoms with E-state index in [0.29, 0.717) is 0 Å². The average Bonchev–Trinajstić information content (AvgIpc) is 2.15. The average molecular weight is 254 g/mol. The molecule has 0 aliphatic carbocycles. The van der Waals surface area contributed by atoms with Gasteiger partial charge in [-0.3, -0.25) is 0 Å². The van der Waals surface area contributed by atoms with Crippen molar-refractivity contribution < 1.29 is 0 Å². The van der Waals surface area contributed by atoms with Crippen LogP contribution in [0.5, 0.6) is 0 Å². The molecule has 2 N–H and O–H groups in total. The lowest BCUT2D eigenvalue weighted by atomic mass is 10.1. The maximum Gasteiger partial charge on any atom is 0.0178 e. The SMILES string of the molecule is CC(=CCCN)Cc1cccc(Br)c1. The summed E-state index contributed by atoms with van der Waals surface area (Å²) in [5.41, 5.74) is 8.16. The zero-order valence-corrected chi connectivity index (χ0v) is 10.0. The molecule has 0 unspecified atom stereocenters. The number of hydrogen-bond donors (Lipinski definition) is 1. The molecule has 0 spiro atoms. The van der Waals surface area contributed by atoms with E-state index in [0.717, 1.165) is 23.9 Å². The van der Waals surface area contributed by atoms with Crippen LogP contribution in [0.15, 0.2) is 40.4 Å². The summed E-state index contributed by atoms with van der Waals surface area (Å²) in [5.74, 6) is 0. The number of allylic oxidation sites excluding steroid dienone is 1. The first-order valence-corrected chi connectivity index (χ1v) is 5.62. The fourth-order valence-electron chi connectivity index (χ4n) is 1.37. The van der Waals surface area contributed by atoms with Crippen molar-refractivity contribution >= 4 is 15.9 Å². The van der Waals surface area contributed by atoms with Gasteiger partial charge < -0.3 is 5.73 Å². The van der Waals surface area contributed by atoms with Crippen LogP contribution in [-0.4, -0.2) is 6.54 Å². The molecule has 0 saturated heterocycles. The Bertz CT molecular complexity index is 318. The van der Waals surface area contributed by atoms with Crippen LogP contribution in [0.25, 0.3) is 0 Å². The second-order valence-electron chi connectivity index (χ2n) is 3.43. The highest BCUT2D eigenvalue weighted by Gasteiger charge is 1.95. The maximum absolute atomic E-state index is 5.44. The zero-order chi connectivity index (χ0) is 10.4. The van der Waals surface area contributed by atoms with Crippen LogP contribution in [0.2, 0.25) is 0 Å². The third-order valence-electron chi connectivity index (χ3n) is 2.03. The Labute approximate surface area is 94.1 Å². The van der Waals surface area contributed by atoms with E-state index in [1.807, 2.05) is 6.07 Å². The van der Waals surface area contributed by atoms with Gasteiger partial charge in [0.25, 0.3) is 0 Å². The smallest absolute Gasteiger partial charge is 0.0178 e. The largest absolute Gasteiger partial charge is 0.330 e. The van der Waals surface area contributed by atoms with Crippen molar-refractivity contribution in [2.75, 3.05) is 6.54 Å².